The third-order valence-electron chi connectivity index (χ3n) is 1.65. The van der Waals surface area contributed by atoms with Gasteiger partial charge in [-0.05, 0) is 6.07 Å². The van der Waals surface area contributed by atoms with Crippen molar-refractivity contribution in [3.05, 3.63) is 23.5 Å². The molecule has 0 atom stereocenters. The molecular weight excluding hydrogens is 220 g/mol. The van der Waals surface area contributed by atoms with Crippen molar-refractivity contribution in [3.8, 4) is 0 Å². The van der Waals surface area contributed by atoms with Crippen LogP contribution in [0.4, 0.5) is 17.6 Å². The summed E-state index contributed by atoms with van der Waals surface area (Å²) < 4.78 is 56.7. The summed E-state index contributed by atoms with van der Waals surface area (Å²) in [6, 6.07) is 1.40. The highest BCUT2D eigenvalue weighted by molar-refractivity contribution is 7.00. The van der Waals surface area contributed by atoms with E-state index >= 15 is 0 Å². The van der Waals surface area contributed by atoms with E-state index in [1.807, 2.05) is 0 Å². The normalized spacial score (nSPS) is 12.3. The number of hydrogen-bond acceptors (Lipinski definition) is 3. The first-order chi connectivity index (χ1) is 6.48. The lowest BCUT2D eigenvalue weighted by Crippen LogP contribution is -2.07. The largest absolute Gasteiger partial charge is 0.419 e. The van der Waals surface area contributed by atoms with Crippen LogP contribution in [0.5, 0.6) is 0 Å². The summed E-state index contributed by atoms with van der Waals surface area (Å²) in [6.45, 7) is 0. The second kappa shape index (κ2) is 2.88. The number of hydrogen-bond donors (Lipinski definition) is 0. The van der Waals surface area contributed by atoms with Crippen LogP contribution in [0.25, 0.3) is 11.0 Å². The number of rotatable bonds is 0. The van der Waals surface area contributed by atoms with Gasteiger partial charge < -0.3 is 0 Å². The first-order valence-electron chi connectivity index (χ1n) is 3.47. The molecule has 0 N–H and O–H groups in total. The lowest BCUT2D eigenvalue weighted by molar-refractivity contribution is -0.139. The van der Waals surface area contributed by atoms with Crippen LogP contribution >= 0.6 is 11.7 Å². The topological polar surface area (TPSA) is 25.8 Å². The lowest BCUT2D eigenvalue weighted by atomic mass is 10.2. The smallest absolute Gasteiger partial charge is 0.206 e. The molecule has 2 nitrogen and oxygen atoms in total. The summed E-state index contributed by atoms with van der Waals surface area (Å²) in [5.41, 5.74) is -1.11. The number of halogens is 4. The van der Waals surface area contributed by atoms with Crippen molar-refractivity contribution in [1.82, 2.24) is 8.75 Å². The van der Waals surface area contributed by atoms with Crippen molar-refractivity contribution in [2.45, 2.75) is 6.18 Å². The van der Waals surface area contributed by atoms with Crippen LogP contribution in [0.1, 0.15) is 5.56 Å². The van der Waals surface area contributed by atoms with Gasteiger partial charge in [0.1, 0.15) is 16.9 Å². The first kappa shape index (κ1) is 9.32. The van der Waals surface area contributed by atoms with E-state index in [0.29, 0.717) is 6.07 Å². The molecule has 0 saturated carbocycles. The fourth-order valence-corrected chi connectivity index (χ4v) is 1.53. The Balaban J connectivity index is 2.71. The van der Waals surface area contributed by atoms with Gasteiger partial charge in [0, 0.05) is 6.07 Å². The van der Waals surface area contributed by atoms with Gasteiger partial charge in [0.25, 0.3) is 0 Å². The Morgan fingerprint density at radius 1 is 1.07 bits per heavy atom. The maximum absolute atomic E-state index is 12.9. The molecule has 0 fully saturated rings. The molecule has 0 aliphatic heterocycles. The molecule has 1 heterocycles. The minimum Gasteiger partial charge on any atom is -0.206 e. The van der Waals surface area contributed by atoms with Crippen LogP contribution in [-0.2, 0) is 6.18 Å². The molecule has 0 amide bonds. The minimum atomic E-state index is -4.69. The molecule has 14 heavy (non-hydrogen) atoms. The zero-order valence-electron chi connectivity index (χ0n) is 6.47. The van der Waals surface area contributed by atoms with Crippen LogP contribution < -0.4 is 0 Å². The molecule has 0 aliphatic carbocycles. The quantitative estimate of drug-likeness (QED) is 0.640. The molecule has 2 aromatic rings. The van der Waals surface area contributed by atoms with Gasteiger partial charge >= 0.3 is 6.18 Å². The molecule has 2 rings (SSSR count). The Hall–Kier alpha value is -1.24. The predicted molar refractivity (Wildman–Crippen MR) is 42.4 cm³/mol. The average Bonchev–Trinajstić information content (AvgIpc) is 2.47. The summed E-state index contributed by atoms with van der Waals surface area (Å²) in [4.78, 5) is 0. The van der Waals surface area contributed by atoms with Crippen molar-refractivity contribution < 1.29 is 17.6 Å². The molecule has 1 aromatic heterocycles. The maximum Gasteiger partial charge on any atom is 0.419 e. The van der Waals surface area contributed by atoms with Crippen LogP contribution in [0.2, 0.25) is 0 Å². The lowest BCUT2D eigenvalue weighted by Gasteiger charge is -2.06. The number of benzene rings is 1. The molecule has 0 spiro atoms. The van der Waals surface area contributed by atoms with E-state index in [0.717, 1.165) is 17.8 Å². The molecule has 0 bridgehead atoms. The zero-order valence-corrected chi connectivity index (χ0v) is 7.29. The van der Waals surface area contributed by atoms with Crippen molar-refractivity contribution in [2.24, 2.45) is 0 Å². The van der Waals surface area contributed by atoms with E-state index in [2.05, 4.69) is 8.75 Å². The summed E-state index contributed by atoms with van der Waals surface area (Å²) in [5, 5.41) is 0. The van der Waals surface area contributed by atoms with Gasteiger partial charge in [-0.2, -0.15) is 21.9 Å². The maximum atomic E-state index is 12.9. The standard InChI is InChI=1S/C7H2F4N2S/c8-4-2-6-5(12-14-13-6)1-3(4)7(9,10)11/h1-2H. The van der Waals surface area contributed by atoms with Gasteiger partial charge in [-0.1, -0.05) is 0 Å². The van der Waals surface area contributed by atoms with E-state index in [1.165, 1.54) is 0 Å². The summed E-state index contributed by atoms with van der Waals surface area (Å²) in [6.07, 6.45) is -4.69. The number of nitrogens with zero attached hydrogens (tertiary/aromatic N) is 2. The molecule has 0 aliphatic rings. The summed E-state index contributed by atoms with van der Waals surface area (Å²) in [7, 11) is 0. The van der Waals surface area contributed by atoms with Crippen LogP contribution in [0, 0.1) is 5.82 Å². The highest BCUT2D eigenvalue weighted by atomic mass is 32.1. The summed E-state index contributed by atoms with van der Waals surface area (Å²) >= 11 is 0.747. The van der Waals surface area contributed by atoms with E-state index in [9.17, 15) is 17.6 Å². The number of fused-ring (bicyclic) bond motifs is 1. The van der Waals surface area contributed by atoms with Gasteiger partial charge in [0.15, 0.2) is 0 Å². The minimum absolute atomic E-state index is 0.0590. The SMILES string of the molecule is Fc1cc2nsnc2cc1C(F)(F)F. The zero-order chi connectivity index (χ0) is 10.3. The monoisotopic (exact) mass is 222 g/mol. The molecular formula is C7H2F4N2S. The van der Waals surface area contributed by atoms with Crippen molar-refractivity contribution in [3.63, 3.8) is 0 Å². The highest BCUT2D eigenvalue weighted by Crippen LogP contribution is 2.33. The fraction of sp³-hybridized carbons (Fsp3) is 0.143. The Labute approximate surface area is 79.5 Å². The van der Waals surface area contributed by atoms with Crippen LogP contribution in [-0.4, -0.2) is 8.75 Å². The van der Waals surface area contributed by atoms with Gasteiger partial charge in [-0.3, -0.25) is 0 Å². The van der Waals surface area contributed by atoms with E-state index in [1.54, 1.807) is 0 Å². The van der Waals surface area contributed by atoms with Crippen LogP contribution in [0.15, 0.2) is 12.1 Å². The second-order valence-electron chi connectivity index (χ2n) is 2.58. The van der Waals surface area contributed by atoms with Gasteiger partial charge in [0.05, 0.1) is 17.3 Å². The molecule has 1 aromatic carbocycles. The molecule has 0 saturated heterocycles. The van der Waals surface area contributed by atoms with E-state index < -0.39 is 17.6 Å². The number of alkyl halides is 3. The first-order valence-corrected chi connectivity index (χ1v) is 4.20. The predicted octanol–water partition coefficient (Wildman–Crippen LogP) is 2.85. The fourth-order valence-electron chi connectivity index (χ4n) is 1.02. The second-order valence-corrected chi connectivity index (χ2v) is 3.11. The van der Waals surface area contributed by atoms with Gasteiger partial charge in [-0.25, -0.2) is 4.39 Å². The van der Waals surface area contributed by atoms with Gasteiger partial charge in [-0.15, -0.1) is 0 Å². The van der Waals surface area contributed by atoms with Crippen LogP contribution in [0.3, 0.4) is 0 Å². The van der Waals surface area contributed by atoms with Gasteiger partial charge in [0.2, 0.25) is 0 Å². The molecule has 7 heteroatoms. The Kier molecular flexibility index (Phi) is 1.91. The Morgan fingerprint density at radius 3 is 2.21 bits per heavy atom. The Bertz CT molecular complexity index is 476. The number of aromatic nitrogens is 2. The molecule has 0 radical (unpaired) electrons. The van der Waals surface area contributed by atoms with Crippen molar-refractivity contribution in [2.75, 3.05) is 0 Å². The van der Waals surface area contributed by atoms with Crippen molar-refractivity contribution in [1.29, 1.82) is 0 Å². The average molecular weight is 222 g/mol. The molecule has 74 valence electrons. The highest BCUT2D eigenvalue weighted by Gasteiger charge is 2.34. The summed E-state index contributed by atoms with van der Waals surface area (Å²) in [5.74, 6) is -1.32. The molecule has 0 unspecified atom stereocenters. The third-order valence-corrected chi connectivity index (χ3v) is 2.20. The van der Waals surface area contributed by atoms with E-state index in [-0.39, 0.29) is 11.0 Å². The van der Waals surface area contributed by atoms with Crippen molar-refractivity contribution >= 4 is 22.8 Å². The third kappa shape index (κ3) is 1.43. The van der Waals surface area contributed by atoms with E-state index in [4.69, 9.17) is 0 Å². The Morgan fingerprint density at radius 2 is 1.64 bits per heavy atom.